The number of hydrogen-bond donors (Lipinski definition) is 2. The van der Waals surface area contributed by atoms with Crippen molar-refractivity contribution < 1.29 is 9.53 Å². The maximum atomic E-state index is 12.6. The van der Waals surface area contributed by atoms with E-state index in [-0.39, 0.29) is 5.91 Å². The Bertz CT molecular complexity index is 1470. The highest BCUT2D eigenvalue weighted by Crippen LogP contribution is 2.25. The molecule has 0 bridgehead atoms. The monoisotopic (exact) mass is 434 g/mol. The minimum absolute atomic E-state index is 0.305. The molecule has 2 heterocycles. The van der Waals surface area contributed by atoms with Crippen LogP contribution in [0.2, 0.25) is 0 Å². The summed E-state index contributed by atoms with van der Waals surface area (Å²) in [6.07, 6.45) is 3.25. The van der Waals surface area contributed by atoms with E-state index in [2.05, 4.69) is 51.7 Å². The van der Waals surface area contributed by atoms with Crippen LogP contribution in [-0.4, -0.2) is 22.1 Å². The van der Waals surface area contributed by atoms with Crippen LogP contribution in [0.1, 0.15) is 27.2 Å². The summed E-state index contributed by atoms with van der Waals surface area (Å²) in [5, 5.41) is 6.09. The molecule has 6 nitrogen and oxygen atoms in total. The van der Waals surface area contributed by atoms with Gasteiger partial charge in [0.15, 0.2) is 0 Å². The van der Waals surface area contributed by atoms with Gasteiger partial charge < -0.3 is 9.72 Å². The largest absolute Gasteiger partial charge is 0.489 e. The van der Waals surface area contributed by atoms with Crippen LogP contribution in [0.15, 0.2) is 90.2 Å². The molecular formula is C27H22N4O2. The van der Waals surface area contributed by atoms with Crippen LogP contribution < -0.4 is 10.2 Å². The lowest BCUT2D eigenvalue weighted by atomic mass is 10.1. The molecule has 0 aliphatic heterocycles. The Morgan fingerprint density at radius 2 is 1.85 bits per heavy atom. The van der Waals surface area contributed by atoms with Crippen molar-refractivity contribution in [1.82, 2.24) is 15.4 Å². The van der Waals surface area contributed by atoms with Gasteiger partial charge in [0.2, 0.25) is 0 Å². The number of rotatable bonds is 6. The Kier molecular flexibility index (Phi) is 5.55. The molecule has 0 spiro atoms. The lowest BCUT2D eigenvalue weighted by Crippen LogP contribution is -2.18. The zero-order chi connectivity index (χ0) is 22.6. The van der Waals surface area contributed by atoms with Crippen LogP contribution in [0.5, 0.6) is 5.75 Å². The first kappa shape index (κ1) is 20.5. The maximum absolute atomic E-state index is 12.6. The zero-order valence-electron chi connectivity index (χ0n) is 18.1. The fraction of sp³-hybridized carbons (Fsp3) is 0.0741. The first-order valence-electron chi connectivity index (χ1n) is 10.6. The lowest BCUT2D eigenvalue weighted by molar-refractivity contribution is 0.0950. The molecule has 0 atom stereocenters. The first-order valence-corrected chi connectivity index (χ1v) is 10.6. The first-order chi connectivity index (χ1) is 16.2. The fourth-order valence-corrected chi connectivity index (χ4v) is 3.63. The van der Waals surface area contributed by atoms with Gasteiger partial charge in [0, 0.05) is 16.3 Å². The van der Waals surface area contributed by atoms with Crippen molar-refractivity contribution in [3.63, 3.8) is 0 Å². The summed E-state index contributed by atoms with van der Waals surface area (Å²) in [4.78, 5) is 20.1. The van der Waals surface area contributed by atoms with Crippen LogP contribution in [-0.2, 0) is 6.61 Å². The smallest absolute Gasteiger partial charge is 0.289 e. The highest BCUT2D eigenvalue weighted by atomic mass is 16.5. The predicted molar refractivity (Wildman–Crippen MR) is 131 cm³/mol. The molecule has 6 heteroatoms. The van der Waals surface area contributed by atoms with Gasteiger partial charge in [-0.15, -0.1) is 0 Å². The van der Waals surface area contributed by atoms with Crippen molar-refractivity contribution in [3.8, 4) is 5.75 Å². The Labute approximate surface area is 190 Å². The van der Waals surface area contributed by atoms with Crippen molar-refractivity contribution in [1.29, 1.82) is 0 Å². The van der Waals surface area contributed by atoms with E-state index in [1.165, 1.54) is 5.56 Å². The van der Waals surface area contributed by atoms with E-state index in [4.69, 9.17) is 4.74 Å². The predicted octanol–water partition coefficient (Wildman–Crippen LogP) is 5.37. The van der Waals surface area contributed by atoms with E-state index in [0.29, 0.717) is 12.3 Å². The normalized spacial score (nSPS) is 11.3. The van der Waals surface area contributed by atoms with Gasteiger partial charge in [-0.2, -0.15) is 5.10 Å². The average Bonchev–Trinajstić information content (AvgIpc) is 3.22. The molecule has 0 unspecified atom stereocenters. The molecule has 1 amide bonds. The van der Waals surface area contributed by atoms with E-state index in [0.717, 1.165) is 38.7 Å². The van der Waals surface area contributed by atoms with E-state index in [1.54, 1.807) is 18.5 Å². The van der Waals surface area contributed by atoms with Crippen LogP contribution >= 0.6 is 0 Å². The van der Waals surface area contributed by atoms with E-state index < -0.39 is 0 Å². The van der Waals surface area contributed by atoms with E-state index >= 15 is 0 Å². The number of ether oxygens (including phenoxy) is 1. The number of hydrogen-bond acceptors (Lipinski definition) is 4. The van der Waals surface area contributed by atoms with Gasteiger partial charge in [0.1, 0.15) is 18.1 Å². The molecule has 0 saturated heterocycles. The number of benzene rings is 3. The second-order valence-corrected chi connectivity index (χ2v) is 7.83. The summed E-state index contributed by atoms with van der Waals surface area (Å²) >= 11 is 0. The number of nitrogens with zero attached hydrogens (tertiary/aromatic N) is 2. The number of aryl methyl sites for hydroxylation is 1. The summed E-state index contributed by atoms with van der Waals surface area (Å²) in [7, 11) is 0. The Morgan fingerprint density at radius 3 is 2.73 bits per heavy atom. The third kappa shape index (κ3) is 4.60. The van der Waals surface area contributed by atoms with Crippen LogP contribution in [0.25, 0.3) is 21.8 Å². The molecule has 0 fully saturated rings. The maximum Gasteiger partial charge on any atom is 0.289 e. The summed E-state index contributed by atoms with van der Waals surface area (Å²) in [5.41, 5.74) is 7.89. The van der Waals surface area contributed by atoms with Crippen LogP contribution in [0.3, 0.4) is 0 Å². The summed E-state index contributed by atoms with van der Waals surface area (Å²) in [6, 6.07) is 25.5. The zero-order valence-corrected chi connectivity index (χ0v) is 18.1. The number of nitrogens with one attached hydrogen (secondary N) is 2. The molecule has 3 aromatic carbocycles. The minimum Gasteiger partial charge on any atom is -0.489 e. The Balaban J connectivity index is 1.24. The molecule has 5 rings (SSSR count). The number of aromatic nitrogens is 2. The molecule has 5 aromatic rings. The third-order valence-corrected chi connectivity index (χ3v) is 5.39. The second-order valence-electron chi connectivity index (χ2n) is 7.83. The standard InChI is InChI=1S/C27H22N4O2/c1-18-9-11-19(12-10-18)17-33-21-6-4-5-20(13-21)15-29-31-27(32)25-14-23-22-7-2-3-8-24(22)30-26(23)16-28-25/h2-16,30H,17H2,1H3,(H,31,32)/b29-15+. The van der Waals surface area contributed by atoms with Crippen molar-refractivity contribution in [2.45, 2.75) is 13.5 Å². The number of carbonyl (C=O) groups excluding carboxylic acids is 1. The van der Waals surface area contributed by atoms with Crippen LogP contribution in [0.4, 0.5) is 0 Å². The number of carbonyl (C=O) groups is 1. The Hall–Kier alpha value is -4.45. The topological polar surface area (TPSA) is 79.4 Å². The quantitative estimate of drug-likeness (QED) is 0.279. The van der Waals surface area contributed by atoms with Gasteiger partial charge in [0.25, 0.3) is 5.91 Å². The average molecular weight is 434 g/mol. The summed E-state index contributed by atoms with van der Waals surface area (Å²) in [5.74, 6) is 0.363. The van der Waals surface area contributed by atoms with Gasteiger partial charge in [-0.3, -0.25) is 4.79 Å². The number of fused-ring (bicyclic) bond motifs is 3. The third-order valence-electron chi connectivity index (χ3n) is 5.39. The van der Waals surface area contributed by atoms with E-state index in [1.807, 2.05) is 48.5 Å². The summed E-state index contributed by atoms with van der Waals surface area (Å²) in [6.45, 7) is 2.54. The number of H-pyrrole nitrogens is 1. The molecule has 2 aromatic heterocycles. The molecular weight excluding hydrogens is 412 g/mol. The number of para-hydroxylation sites is 1. The van der Waals surface area contributed by atoms with Gasteiger partial charge in [-0.05, 0) is 42.3 Å². The SMILES string of the molecule is Cc1ccc(COc2cccc(/C=N/NC(=O)c3cc4c(cn3)[nH]c3ccccc34)c2)cc1. The van der Waals surface area contributed by atoms with Gasteiger partial charge in [-0.25, -0.2) is 10.4 Å². The van der Waals surface area contributed by atoms with Crippen molar-refractivity contribution >= 4 is 33.9 Å². The fourth-order valence-electron chi connectivity index (χ4n) is 3.63. The Morgan fingerprint density at radius 1 is 1.00 bits per heavy atom. The highest BCUT2D eigenvalue weighted by Gasteiger charge is 2.10. The molecule has 0 radical (unpaired) electrons. The molecule has 0 aliphatic rings. The minimum atomic E-state index is -0.370. The number of aromatic amines is 1. The molecule has 2 N–H and O–H groups in total. The van der Waals surface area contributed by atoms with Crippen molar-refractivity contribution in [2.24, 2.45) is 5.10 Å². The number of pyridine rings is 1. The van der Waals surface area contributed by atoms with Gasteiger partial charge in [-0.1, -0.05) is 60.2 Å². The summed E-state index contributed by atoms with van der Waals surface area (Å²) < 4.78 is 5.88. The highest BCUT2D eigenvalue weighted by molar-refractivity contribution is 6.09. The van der Waals surface area contributed by atoms with Crippen LogP contribution in [0, 0.1) is 6.92 Å². The van der Waals surface area contributed by atoms with Crippen molar-refractivity contribution in [3.05, 3.63) is 107 Å². The second kappa shape index (κ2) is 8.96. The van der Waals surface area contributed by atoms with Crippen molar-refractivity contribution in [2.75, 3.05) is 0 Å². The molecule has 162 valence electrons. The van der Waals surface area contributed by atoms with Gasteiger partial charge >= 0.3 is 0 Å². The van der Waals surface area contributed by atoms with E-state index in [9.17, 15) is 4.79 Å². The molecule has 0 aliphatic carbocycles. The number of amides is 1. The lowest BCUT2D eigenvalue weighted by Gasteiger charge is -2.07. The van der Waals surface area contributed by atoms with Gasteiger partial charge in [0.05, 0.1) is 17.9 Å². The number of hydrazone groups is 1. The molecule has 33 heavy (non-hydrogen) atoms. The molecule has 0 saturated carbocycles.